The van der Waals surface area contributed by atoms with Crippen LogP contribution in [0, 0.1) is 5.82 Å². The third kappa shape index (κ3) is 5.56. The van der Waals surface area contributed by atoms with Gasteiger partial charge < -0.3 is 15.7 Å². The molecule has 0 saturated heterocycles. The summed E-state index contributed by atoms with van der Waals surface area (Å²) < 4.78 is 13.2. The fourth-order valence-electron chi connectivity index (χ4n) is 1.41. The maximum Gasteiger partial charge on any atom is 0.314 e. The lowest BCUT2D eigenvalue weighted by molar-refractivity contribution is 0.173. The maximum atomic E-state index is 13.2. The molecule has 0 fully saturated rings. The second kappa shape index (κ2) is 8.34. The van der Waals surface area contributed by atoms with E-state index in [4.69, 9.17) is 11.6 Å². The molecule has 0 aliphatic heterocycles. The van der Waals surface area contributed by atoms with Crippen molar-refractivity contribution >= 4 is 29.4 Å². The van der Waals surface area contributed by atoms with Gasteiger partial charge >= 0.3 is 6.03 Å². The molecule has 2 amide bonds. The van der Waals surface area contributed by atoms with Crippen molar-refractivity contribution in [3.63, 3.8) is 0 Å². The number of rotatable bonds is 6. The highest BCUT2D eigenvalue weighted by atomic mass is 35.5. The third-order valence-electron chi connectivity index (χ3n) is 2.74. The lowest BCUT2D eigenvalue weighted by atomic mass is 10.1. The summed E-state index contributed by atoms with van der Waals surface area (Å²) >= 11 is 7.20. The standard InChI is InChI=1S/C13H18ClFN2O2S/c1-8(20-2)6-16-13(19)17-7-12(18)9-3-4-10(14)11(15)5-9/h3-5,8,12,18H,6-7H2,1-2H3,(H2,16,17,19)/t8-,12+/m0/s1. The van der Waals surface area contributed by atoms with Crippen LogP contribution in [0.1, 0.15) is 18.6 Å². The van der Waals surface area contributed by atoms with Gasteiger partial charge in [0, 0.05) is 18.3 Å². The molecule has 0 spiro atoms. The number of carbonyl (C=O) groups excluding carboxylic acids is 1. The predicted octanol–water partition coefficient (Wildman–Crippen LogP) is 2.56. The summed E-state index contributed by atoms with van der Waals surface area (Å²) in [5.74, 6) is -0.596. The van der Waals surface area contributed by atoms with E-state index in [9.17, 15) is 14.3 Å². The predicted molar refractivity (Wildman–Crippen MR) is 80.7 cm³/mol. The van der Waals surface area contributed by atoms with Crippen molar-refractivity contribution in [3.05, 3.63) is 34.6 Å². The van der Waals surface area contributed by atoms with Crippen LogP contribution in [0.25, 0.3) is 0 Å². The Labute approximate surface area is 127 Å². The number of benzene rings is 1. The maximum absolute atomic E-state index is 13.2. The van der Waals surface area contributed by atoms with Crippen molar-refractivity contribution < 1.29 is 14.3 Å². The molecule has 0 saturated carbocycles. The number of amides is 2. The Morgan fingerprint density at radius 2 is 2.10 bits per heavy atom. The van der Waals surface area contributed by atoms with Gasteiger partial charge in [0.1, 0.15) is 5.82 Å². The van der Waals surface area contributed by atoms with Crippen molar-refractivity contribution in [3.8, 4) is 0 Å². The number of hydrogen-bond donors (Lipinski definition) is 3. The monoisotopic (exact) mass is 320 g/mol. The molecule has 0 aliphatic rings. The molecule has 0 radical (unpaired) electrons. The molecule has 1 aromatic carbocycles. The van der Waals surface area contributed by atoms with Gasteiger partial charge in [0.2, 0.25) is 0 Å². The zero-order valence-corrected chi connectivity index (χ0v) is 12.9. The van der Waals surface area contributed by atoms with Gasteiger partial charge in [-0.3, -0.25) is 0 Å². The third-order valence-corrected chi connectivity index (χ3v) is 4.01. The first-order valence-corrected chi connectivity index (χ1v) is 7.78. The molecule has 0 aromatic heterocycles. The largest absolute Gasteiger partial charge is 0.387 e. The number of hydrogen-bond acceptors (Lipinski definition) is 3. The van der Waals surface area contributed by atoms with Crippen LogP contribution in [0.5, 0.6) is 0 Å². The number of nitrogens with one attached hydrogen (secondary N) is 2. The van der Waals surface area contributed by atoms with E-state index in [1.54, 1.807) is 11.8 Å². The quantitative estimate of drug-likeness (QED) is 0.755. The normalized spacial score (nSPS) is 13.7. The Morgan fingerprint density at radius 3 is 2.70 bits per heavy atom. The van der Waals surface area contributed by atoms with Crippen LogP contribution in [0.4, 0.5) is 9.18 Å². The van der Waals surface area contributed by atoms with Gasteiger partial charge in [-0.2, -0.15) is 11.8 Å². The fraction of sp³-hybridized carbons (Fsp3) is 0.462. The number of aliphatic hydroxyl groups is 1. The van der Waals surface area contributed by atoms with Gasteiger partial charge in [0.25, 0.3) is 0 Å². The smallest absolute Gasteiger partial charge is 0.314 e. The van der Waals surface area contributed by atoms with Crippen molar-refractivity contribution in [1.82, 2.24) is 10.6 Å². The molecule has 3 N–H and O–H groups in total. The first-order valence-electron chi connectivity index (χ1n) is 6.11. The van der Waals surface area contributed by atoms with Gasteiger partial charge in [0.15, 0.2) is 0 Å². The molecule has 1 rings (SSSR count). The van der Waals surface area contributed by atoms with Crippen molar-refractivity contribution in [2.45, 2.75) is 18.3 Å². The zero-order chi connectivity index (χ0) is 15.1. The molecule has 0 bridgehead atoms. The molecule has 1 aromatic rings. The van der Waals surface area contributed by atoms with E-state index in [2.05, 4.69) is 10.6 Å². The van der Waals surface area contributed by atoms with Crippen molar-refractivity contribution in [2.24, 2.45) is 0 Å². The number of halogens is 2. The van der Waals surface area contributed by atoms with Crippen LogP contribution >= 0.6 is 23.4 Å². The Hall–Kier alpha value is -0.980. The van der Waals surface area contributed by atoms with E-state index in [1.807, 2.05) is 13.2 Å². The Balaban J connectivity index is 2.40. The van der Waals surface area contributed by atoms with Gasteiger partial charge in [-0.25, -0.2) is 9.18 Å². The second-order valence-corrected chi connectivity index (χ2v) is 6.01. The first kappa shape index (κ1) is 17.1. The summed E-state index contributed by atoms with van der Waals surface area (Å²) in [4.78, 5) is 11.5. The summed E-state index contributed by atoms with van der Waals surface area (Å²) in [6.45, 7) is 2.54. The van der Waals surface area contributed by atoms with E-state index >= 15 is 0 Å². The molecule has 0 heterocycles. The minimum atomic E-state index is -0.981. The molecule has 4 nitrogen and oxygen atoms in total. The number of urea groups is 1. The van der Waals surface area contributed by atoms with Crippen LogP contribution in [0.15, 0.2) is 18.2 Å². The minimum absolute atomic E-state index is 0.000550. The number of aliphatic hydroxyl groups excluding tert-OH is 1. The van der Waals surface area contributed by atoms with Crippen molar-refractivity contribution in [2.75, 3.05) is 19.3 Å². The lowest BCUT2D eigenvalue weighted by Crippen LogP contribution is -2.40. The van der Waals surface area contributed by atoms with Gasteiger partial charge in [-0.1, -0.05) is 24.6 Å². The van der Waals surface area contributed by atoms with Gasteiger partial charge in [-0.05, 0) is 24.0 Å². The summed E-state index contributed by atoms with van der Waals surface area (Å²) in [7, 11) is 0. The van der Waals surface area contributed by atoms with Crippen LogP contribution in [-0.2, 0) is 0 Å². The minimum Gasteiger partial charge on any atom is -0.387 e. The van der Waals surface area contributed by atoms with Gasteiger partial charge in [-0.15, -0.1) is 0 Å². The van der Waals surface area contributed by atoms with Crippen LogP contribution < -0.4 is 10.6 Å². The molecule has 7 heteroatoms. The van der Waals surface area contributed by atoms with E-state index in [0.717, 1.165) is 6.07 Å². The Bertz CT molecular complexity index is 462. The van der Waals surface area contributed by atoms with Gasteiger partial charge in [0.05, 0.1) is 11.1 Å². The molecule has 112 valence electrons. The van der Waals surface area contributed by atoms with E-state index < -0.39 is 11.9 Å². The summed E-state index contributed by atoms with van der Waals surface area (Å²) in [6.07, 6.45) is 0.980. The summed E-state index contributed by atoms with van der Waals surface area (Å²) in [6, 6.07) is 3.68. The Morgan fingerprint density at radius 1 is 1.45 bits per heavy atom. The fourth-order valence-corrected chi connectivity index (χ4v) is 1.78. The highest BCUT2D eigenvalue weighted by Gasteiger charge is 2.12. The highest BCUT2D eigenvalue weighted by Crippen LogP contribution is 2.19. The first-order chi connectivity index (χ1) is 9.43. The Kier molecular flexibility index (Phi) is 7.12. The molecular formula is C13H18ClFN2O2S. The number of carbonyl (C=O) groups is 1. The molecule has 0 unspecified atom stereocenters. The average Bonchev–Trinajstić information content (AvgIpc) is 2.44. The lowest BCUT2D eigenvalue weighted by Gasteiger charge is -2.14. The van der Waals surface area contributed by atoms with E-state index in [1.165, 1.54) is 12.1 Å². The second-order valence-electron chi connectivity index (χ2n) is 4.33. The van der Waals surface area contributed by atoms with Crippen LogP contribution in [0.2, 0.25) is 5.02 Å². The van der Waals surface area contributed by atoms with Crippen LogP contribution in [0.3, 0.4) is 0 Å². The molecule has 0 aliphatic carbocycles. The summed E-state index contributed by atoms with van der Waals surface area (Å²) in [5, 5.41) is 15.4. The van der Waals surface area contributed by atoms with E-state index in [-0.39, 0.29) is 17.6 Å². The SMILES string of the molecule is CS[C@@H](C)CNC(=O)NC[C@@H](O)c1ccc(Cl)c(F)c1. The molecule has 2 atom stereocenters. The number of thioether (sulfide) groups is 1. The molecular weight excluding hydrogens is 303 g/mol. The van der Waals surface area contributed by atoms with Crippen molar-refractivity contribution in [1.29, 1.82) is 0 Å². The molecule has 20 heavy (non-hydrogen) atoms. The topological polar surface area (TPSA) is 61.4 Å². The van der Waals surface area contributed by atoms with Crippen LogP contribution in [-0.4, -0.2) is 35.7 Å². The highest BCUT2D eigenvalue weighted by molar-refractivity contribution is 7.99. The summed E-state index contributed by atoms with van der Waals surface area (Å²) in [5.41, 5.74) is 0.365. The van der Waals surface area contributed by atoms with E-state index in [0.29, 0.717) is 17.4 Å². The zero-order valence-electron chi connectivity index (χ0n) is 11.3. The average molecular weight is 321 g/mol.